The van der Waals surface area contributed by atoms with Gasteiger partial charge in [-0.1, -0.05) is 34.1 Å². The molecular weight excluding hydrogens is 320 g/mol. The first-order chi connectivity index (χ1) is 9.58. The normalized spacial score (nSPS) is 10.1. The lowest BCUT2D eigenvalue weighted by molar-refractivity contribution is -0.114. The molecule has 0 radical (unpaired) electrons. The Morgan fingerprint density at radius 2 is 2.00 bits per heavy atom. The topological polar surface area (TPSA) is 64.3 Å². The number of carbonyl (C=O) groups is 1. The van der Waals surface area contributed by atoms with Crippen molar-refractivity contribution in [3.63, 3.8) is 0 Å². The minimum Gasteiger partial charge on any atom is -0.487 e. The van der Waals surface area contributed by atoms with Gasteiger partial charge in [-0.25, -0.2) is 0 Å². The van der Waals surface area contributed by atoms with Crippen LogP contribution in [0.5, 0.6) is 5.75 Å². The molecule has 0 aliphatic rings. The monoisotopic (exact) mass is 334 g/mol. The van der Waals surface area contributed by atoms with Gasteiger partial charge in [-0.3, -0.25) is 4.79 Å². The summed E-state index contributed by atoms with van der Waals surface area (Å²) in [4.78, 5) is 11.2. The second kappa shape index (κ2) is 6.43. The molecule has 4 nitrogen and oxygen atoms in total. The van der Waals surface area contributed by atoms with Crippen molar-refractivity contribution >= 4 is 33.2 Å². The molecule has 2 aromatic carbocycles. The lowest BCUT2D eigenvalue weighted by Gasteiger charge is -2.13. The summed E-state index contributed by atoms with van der Waals surface area (Å²) < 4.78 is 6.66. The number of amides is 1. The van der Waals surface area contributed by atoms with Gasteiger partial charge in [0.25, 0.3) is 0 Å². The number of halogens is 1. The Morgan fingerprint density at radius 3 is 2.70 bits per heavy atom. The van der Waals surface area contributed by atoms with E-state index in [2.05, 4.69) is 21.2 Å². The van der Waals surface area contributed by atoms with Gasteiger partial charge in [0, 0.05) is 22.6 Å². The van der Waals surface area contributed by atoms with E-state index in [1.165, 1.54) is 6.92 Å². The molecule has 104 valence electrons. The highest BCUT2D eigenvalue weighted by Gasteiger charge is 2.08. The predicted molar refractivity (Wildman–Crippen MR) is 83.6 cm³/mol. The number of nitrogens with one attached hydrogen (secondary N) is 1. The van der Waals surface area contributed by atoms with Gasteiger partial charge in [0.2, 0.25) is 5.91 Å². The average molecular weight is 335 g/mol. The van der Waals surface area contributed by atoms with E-state index in [4.69, 9.17) is 10.5 Å². The van der Waals surface area contributed by atoms with Gasteiger partial charge in [0.05, 0.1) is 5.69 Å². The molecule has 0 aliphatic heterocycles. The molecular formula is C15H15BrN2O2. The molecule has 3 N–H and O–H groups in total. The molecule has 5 heteroatoms. The average Bonchev–Trinajstić information content (AvgIpc) is 2.39. The zero-order valence-electron chi connectivity index (χ0n) is 11.0. The molecule has 0 unspecified atom stereocenters. The number of para-hydroxylation sites is 2. The van der Waals surface area contributed by atoms with E-state index >= 15 is 0 Å². The number of hydrogen-bond acceptors (Lipinski definition) is 3. The van der Waals surface area contributed by atoms with Crippen molar-refractivity contribution in [1.29, 1.82) is 0 Å². The van der Waals surface area contributed by atoms with Gasteiger partial charge in [-0.2, -0.15) is 0 Å². The molecule has 0 aliphatic carbocycles. The molecule has 1 amide bonds. The second-order valence-electron chi connectivity index (χ2n) is 4.27. The van der Waals surface area contributed by atoms with Crippen LogP contribution in [0, 0.1) is 0 Å². The molecule has 0 bridgehead atoms. The van der Waals surface area contributed by atoms with E-state index in [1.807, 2.05) is 30.3 Å². The Hall–Kier alpha value is -2.01. The van der Waals surface area contributed by atoms with Crippen LogP contribution < -0.4 is 15.8 Å². The quantitative estimate of drug-likeness (QED) is 0.840. The summed E-state index contributed by atoms with van der Waals surface area (Å²) in [5.74, 6) is 0.472. The molecule has 0 aromatic heterocycles. The fourth-order valence-corrected chi connectivity index (χ4v) is 2.26. The van der Waals surface area contributed by atoms with Gasteiger partial charge in [0.1, 0.15) is 12.4 Å². The first-order valence-corrected chi connectivity index (χ1v) is 6.89. The Balaban J connectivity index is 2.17. The van der Waals surface area contributed by atoms with E-state index in [-0.39, 0.29) is 5.91 Å². The van der Waals surface area contributed by atoms with Crippen LogP contribution in [0.4, 0.5) is 11.4 Å². The van der Waals surface area contributed by atoms with Crippen LogP contribution in [-0.4, -0.2) is 5.91 Å². The molecule has 2 rings (SSSR count). The van der Waals surface area contributed by atoms with Gasteiger partial charge in [0.15, 0.2) is 0 Å². The third-order valence-corrected chi connectivity index (χ3v) is 3.47. The van der Waals surface area contributed by atoms with Crippen LogP contribution in [0.1, 0.15) is 12.5 Å². The van der Waals surface area contributed by atoms with Gasteiger partial charge >= 0.3 is 0 Å². The molecule has 0 saturated carbocycles. The summed E-state index contributed by atoms with van der Waals surface area (Å²) in [5, 5.41) is 2.73. The Bertz CT molecular complexity index is 609. The van der Waals surface area contributed by atoms with Crippen LogP contribution >= 0.6 is 15.9 Å². The number of rotatable bonds is 4. The maximum Gasteiger partial charge on any atom is 0.221 e. The van der Waals surface area contributed by atoms with Gasteiger partial charge in [-0.15, -0.1) is 0 Å². The van der Waals surface area contributed by atoms with Crippen molar-refractivity contribution < 1.29 is 9.53 Å². The summed E-state index contributed by atoms with van der Waals surface area (Å²) >= 11 is 3.45. The number of benzene rings is 2. The summed E-state index contributed by atoms with van der Waals surface area (Å²) in [6.45, 7) is 1.78. The SMILES string of the molecule is CC(=O)Nc1ccccc1OCc1c(N)cccc1Br. The third-order valence-electron chi connectivity index (χ3n) is 2.72. The van der Waals surface area contributed by atoms with Crippen LogP contribution in [0.2, 0.25) is 0 Å². The maximum atomic E-state index is 11.2. The lowest BCUT2D eigenvalue weighted by Crippen LogP contribution is -2.08. The highest BCUT2D eigenvalue weighted by Crippen LogP contribution is 2.28. The van der Waals surface area contributed by atoms with E-state index < -0.39 is 0 Å². The highest BCUT2D eigenvalue weighted by atomic mass is 79.9. The van der Waals surface area contributed by atoms with Crippen molar-refractivity contribution in [1.82, 2.24) is 0 Å². The first kappa shape index (κ1) is 14.4. The maximum absolute atomic E-state index is 11.2. The minimum absolute atomic E-state index is 0.138. The van der Waals surface area contributed by atoms with Gasteiger partial charge < -0.3 is 15.8 Å². The molecule has 0 atom stereocenters. The Morgan fingerprint density at radius 1 is 1.25 bits per heavy atom. The van der Waals surface area contributed by atoms with Crippen LogP contribution in [0.3, 0.4) is 0 Å². The molecule has 2 aromatic rings. The summed E-state index contributed by atoms with van der Waals surface area (Å²) in [6, 6.07) is 12.9. The van der Waals surface area contributed by atoms with E-state index in [0.29, 0.717) is 23.7 Å². The summed E-state index contributed by atoms with van der Waals surface area (Å²) in [6.07, 6.45) is 0. The molecule has 0 spiro atoms. The molecule has 0 fully saturated rings. The second-order valence-corrected chi connectivity index (χ2v) is 5.13. The Labute approximate surface area is 126 Å². The third kappa shape index (κ3) is 3.51. The van der Waals surface area contributed by atoms with Crippen LogP contribution in [0.25, 0.3) is 0 Å². The number of carbonyl (C=O) groups excluding carboxylic acids is 1. The zero-order chi connectivity index (χ0) is 14.5. The smallest absolute Gasteiger partial charge is 0.221 e. The molecule has 20 heavy (non-hydrogen) atoms. The summed E-state index contributed by atoms with van der Waals surface area (Å²) in [5.41, 5.74) is 8.11. The van der Waals surface area contributed by atoms with Gasteiger partial charge in [-0.05, 0) is 24.3 Å². The molecule has 0 saturated heterocycles. The Kier molecular flexibility index (Phi) is 4.63. The van der Waals surface area contributed by atoms with E-state index in [9.17, 15) is 4.79 Å². The minimum atomic E-state index is -0.138. The fourth-order valence-electron chi connectivity index (χ4n) is 1.76. The number of hydrogen-bond donors (Lipinski definition) is 2. The predicted octanol–water partition coefficient (Wildman–Crippen LogP) is 3.57. The van der Waals surface area contributed by atoms with Crippen LogP contribution in [-0.2, 0) is 11.4 Å². The first-order valence-electron chi connectivity index (χ1n) is 6.10. The fraction of sp³-hybridized carbons (Fsp3) is 0.133. The van der Waals surface area contributed by atoms with Crippen molar-refractivity contribution in [2.45, 2.75) is 13.5 Å². The van der Waals surface area contributed by atoms with Crippen molar-refractivity contribution in [2.24, 2.45) is 0 Å². The van der Waals surface area contributed by atoms with E-state index in [1.54, 1.807) is 12.1 Å². The number of anilines is 2. The van der Waals surface area contributed by atoms with Crippen molar-refractivity contribution in [3.05, 3.63) is 52.5 Å². The number of ether oxygens (including phenoxy) is 1. The van der Waals surface area contributed by atoms with Crippen LogP contribution in [0.15, 0.2) is 46.9 Å². The largest absolute Gasteiger partial charge is 0.487 e. The van der Waals surface area contributed by atoms with E-state index in [0.717, 1.165) is 10.0 Å². The highest BCUT2D eigenvalue weighted by molar-refractivity contribution is 9.10. The van der Waals surface area contributed by atoms with Crippen molar-refractivity contribution in [3.8, 4) is 5.75 Å². The molecule has 0 heterocycles. The summed E-state index contributed by atoms with van der Waals surface area (Å²) in [7, 11) is 0. The van der Waals surface area contributed by atoms with Crippen molar-refractivity contribution in [2.75, 3.05) is 11.1 Å². The lowest BCUT2D eigenvalue weighted by atomic mass is 10.2. The number of nitrogen functional groups attached to an aromatic ring is 1. The standard InChI is InChI=1S/C15H15BrN2O2/c1-10(19)18-14-7-2-3-8-15(14)20-9-11-12(16)5-4-6-13(11)17/h2-8H,9,17H2,1H3,(H,18,19). The zero-order valence-corrected chi connectivity index (χ0v) is 12.6. The number of nitrogens with two attached hydrogens (primary N) is 1.